The molecule has 0 amide bonds. The first-order valence-electron chi connectivity index (χ1n) is 5.93. The highest BCUT2D eigenvalue weighted by Crippen LogP contribution is 2.13. The molecule has 6 heteroatoms. The maximum absolute atomic E-state index is 11.7. The van der Waals surface area contributed by atoms with Crippen molar-refractivity contribution in [3.63, 3.8) is 0 Å². The second-order valence-electron chi connectivity index (χ2n) is 4.16. The number of rotatable bonds is 5. The van der Waals surface area contributed by atoms with Crippen LogP contribution in [0.3, 0.4) is 0 Å². The highest BCUT2D eigenvalue weighted by Gasteiger charge is 2.09. The number of hydrogen-bond acceptors (Lipinski definition) is 4. The van der Waals surface area contributed by atoms with Crippen molar-refractivity contribution < 1.29 is 9.53 Å². The molecule has 19 heavy (non-hydrogen) atoms. The molecule has 0 saturated heterocycles. The average molecular weight is 280 g/mol. The normalized spacial score (nSPS) is 12.1. The Hall–Kier alpha value is -1.88. The van der Waals surface area contributed by atoms with Crippen molar-refractivity contribution in [2.75, 3.05) is 6.61 Å². The molecule has 2 rings (SSSR count). The molecule has 0 fully saturated rings. The molecule has 1 aromatic carbocycles. The number of aromatic nitrogens is 3. The first kappa shape index (κ1) is 13.5. The summed E-state index contributed by atoms with van der Waals surface area (Å²) in [4.78, 5) is 15.6. The van der Waals surface area contributed by atoms with E-state index in [2.05, 4.69) is 10.1 Å². The van der Waals surface area contributed by atoms with Gasteiger partial charge >= 0.3 is 5.97 Å². The largest absolute Gasteiger partial charge is 0.462 e. The molecule has 1 heterocycles. The van der Waals surface area contributed by atoms with Crippen LogP contribution in [0.1, 0.15) is 29.7 Å². The highest BCUT2D eigenvalue weighted by molar-refractivity contribution is 6.30. The second kappa shape index (κ2) is 6.33. The summed E-state index contributed by atoms with van der Waals surface area (Å²) in [7, 11) is 0. The minimum Gasteiger partial charge on any atom is -0.462 e. The maximum Gasteiger partial charge on any atom is 0.338 e. The van der Waals surface area contributed by atoms with Crippen LogP contribution in [0.5, 0.6) is 0 Å². The lowest BCUT2D eigenvalue weighted by atomic mass is 10.2. The molecule has 0 spiro atoms. The standard InChI is InChI=1S/C13H14ClN3O2/c1-10(17-9-15-8-16-17)5-6-19-13(18)11-3-2-4-12(14)7-11/h2-4,7-10H,5-6H2,1H3/t10-/m1/s1. The molecular weight excluding hydrogens is 266 g/mol. The lowest BCUT2D eigenvalue weighted by molar-refractivity contribution is 0.0485. The van der Waals surface area contributed by atoms with Crippen LogP contribution < -0.4 is 0 Å². The Balaban J connectivity index is 1.81. The Morgan fingerprint density at radius 3 is 3.05 bits per heavy atom. The Morgan fingerprint density at radius 1 is 1.53 bits per heavy atom. The Bertz CT molecular complexity index is 543. The predicted molar refractivity (Wildman–Crippen MR) is 71.1 cm³/mol. The van der Waals surface area contributed by atoms with Crippen LogP contribution in [-0.4, -0.2) is 27.3 Å². The van der Waals surface area contributed by atoms with Crippen molar-refractivity contribution in [3.8, 4) is 0 Å². The third-order valence-electron chi connectivity index (χ3n) is 2.72. The molecule has 0 aliphatic rings. The van der Waals surface area contributed by atoms with Crippen LogP contribution in [-0.2, 0) is 4.74 Å². The molecule has 0 bridgehead atoms. The van der Waals surface area contributed by atoms with Gasteiger partial charge in [0, 0.05) is 11.4 Å². The Labute approximate surface area is 116 Å². The van der Waals surface area contributed by atoms with Gasteiger partial charge in [-0.25, -0.2) is 9.78 Å². The van der Waals surface area contributed by atoms with Gasteiger partial charge in [-0.2, -0.15) is 5.10 Å². The van der Waals surface area contributed by atoms with Gasteiger partial charge in [0.2, 0.25) is 0 Å². The summed E-state index contributed by atoms with van der Waals surface area (Å²) in [6.45, 7) is 2.31. The van der Waals surface area contributed by atoms with Crippen molar-refractivity contribution in [2.24, 2.45) is 0 Å². The van der Waals surface area contributed by atoms with Gasteiger partial charge in [0.05, 0.1) is 18.2 Å². The number of carbonyl (C=O) groups excluding carboxylic acids is 1. The average Bonchev–Trinajstić information content (AvgIpc) is 2.92. The zero-order valence-electron chi connectivity index (χ0n) is 10.5. The summed E-state index contributed by atoms with van der Waals surface area (Å²) in [6.07, 6.45) is 3.80. The minimum atomic E-state index is -0.367. The molecule has 0 aliphatic carbocycles. The van der Waals surface area contributed by atoms with Crippen molar-refractivity contribution in [2.45, 2.75) is 19.4 Å². The minimum absolute atomic E-state index is 0.134. The molecule has 1 aromatic heterocycles. The molecule has 0 N–H and O–H groups in total. The van der Waals surface area contributed by atoms with E-state index in [1.54, 1.807) is 35.3 Å². The predicted octanol–water partition coefficient (Wildman–Crippen LogP) is 2.74. The van der Waals surface area contributed by atoms with Crippen LogP contribution >= 0.6 is 11.6 Å². The molecule has 2 aromatic rings. The zero-order chi connectivity index (χ0) is 13.7. The molecule has 1 atom stereocenters. The smallest absolute Gasteiger partial charge is 0.338 e. The number of ether oxygens (including phenoxy) is 1. The van der Waals surface area contributed by atoms with Gasteiger partial charge in [0.25, 0.3) is 0 Å². The number of carbonyl (C=O) groups is 1. The second-order valence-corrected chi connectivity index (χ2v) is 4.60. The highest BCUT2D eigenvalue weighted by atomic mass is 35.5. The molecule has 0 saturated carbocycles. The summed E-state index contributed by atoms with van der Waals surface area (Å²) in [5, 5.41) is 4.55. The van der Waals surface area contributed by atoms with E-state index in [0.717, 1.165) is 0 Å². The van der Waals surface area contributed by atoms with Gasteiger partial charge in [-0.05, 0) is 25.1 Å². The van der Waals surface area contributed by atoms with Crippen molar-refractivity contribution in [1.82, 2.24) is 14.8 Å². The van der Waals surface area contributed by atoms with Crippen molar-refractivity contribution in [1.29, 1.82) is 0 Å². The van der Waals surface area contributed by atoms with Gasteiger partial charge in [-0.1, -0.05) is 17.7 Å². The molecule has 0 radical (unpaired) electrons. The number of nitrogens with zero attached hydrogens (tertiary/aromatic N) is 3. The Morgan fingerprint density at radius 2 is 2.37 bits per heavy atom. The first-order chi connectivity index (χ1) is 9.16. The Kier molecular flexibility index (Phi) is 4.52. The number of benzene rings is 1. The van der Waals surface area contributed by atoms with E-state index in [0.29, 0.717) is 23.6 Å². The topological polar surface area (TPSA) is 57.0 Å². The summed E-state index contributed by atoms with van der Waals surface area (Å²) in [5.74, 6) is -0.367. The molecule has 0 aliphatic heterocycles. The van der Waals surface area contributed by atoms with Crippen LogP contribution in [0.2, 0.25) is 5.02 Å². The number of esters is 1. The lowest BCUT2D eigenvalue weighted by Gasteiger charge is -2.11. The third-order valence-corrected chi connectivity index (χ3v) is 2.95. The van der Waals surface area contributed by atoms with E-state index in [1.807, 2.05) is 6.92 Å². The van der Waals surface area contributed by atoms with E-state index < -0.39 is 0 Å². The van der Waals surface area contributed by atoms with E-state index in [4.69, 9.17) is 16.3 Å². The van der Waals surface area contributed by atoms with Crippen molar-refractivity contribution >= 4 is 17.6 Å². The van der Waals surface area contributed by atoms with Gasteiger partial charge in [0.1, 0.15) is 12.7 Å². The van der Waals surface area contributed by atoms with Crippen LogP contribution in [0.25, 0.3) is 0 Å². The van der Waals surface area contributed by atoms with Crippen molar-refractivity contribution in [3.05, 3.63) is 47.5 Å². The summed E-state index contributed by atoms with van der Waals surface area (Å²) in [6, 6.07) is 6.83. The van der Waals surface area contributed by atoms with Gasteiger partial charge in [-0.15, -0.1) is 0 Å². The van der Waals surface area contributed by atoms with Gasteiger partial charge in [-0.3, -0.25) is 4.68 Å². The lowest BCUT2D eigenvalue weighted by Crippen LogP contribution is -2.12. The van der Waals surface area contributed by atoms with Gasteiger partial charge in [0.15, 0.2) is 0 Å². The van der Waals surface area contributed by atoms with Crippen LogP contribution in [0.4, 0.5) is 0 Å². The van der Waals surface area contributed by atoms with Crippen LogP contribution in [0.15, 0.2) is 36.9 Å². The maximum atomic E-state index is 11.7. The van der Waals surface area contributed by atoms with E-state index in [-0.39, 0.29) is 12.0 Å². The quantitative estimate of drug-likeness (QED) is 0.790. The van der Waals surface area contributed by atoms with Crippen LogP contribution in [0, 0.1) is 0 Å². The van der Waals surface area contributed by atoms with E-state index >= 15 is 0 Å². The third kappa shape index (κ3) is 3.79. The van der Waals surface area contributed by atoms with E-state index in [1.165, 1.54) is 6.33 Å². The fourth-order valence-electron chi connectivity index (χ4n) is 1.60. The molecular formula is C13H14ClN3O2. The molecule has 100 valence electrons. The molecule has 0 unspecified atom stereocenters. The van der Waals surface area contributed by atoms with Gasteiger partial charge < -0.3 is 4.74 Å². The zero-order valence-corrected chi connectivity index (χ0v) is 11.2. The summed E-state index contributed by atoms with van der Waals surface area (Å²) < 4.78 is 6.92. The SMILES string of the molecule is C[C@H](CCOC(=O)c1cccc(Cl)c1)n1cncn1. The molecule has 5 nitrogen and oxygen atoms in total. The monoisotopic (exact) mass is 279 g/mol. The number of halogens is 1. The fourth-order valence-corrected chi connectivity index (χ4v) is 1.79. The number of hydrogen-bond donors (Lipinski definition) is 0. The first-order valence-corrected chi connectivity index (χ1v) is 6.31. The fraction of sp³-hybridized carbons (Fsp3) is 0.308. The summed E-state index contributed by atoms with van der Waals surface area (Å²) in [5.41, 5.74) is 0.459. The van der Waals surface area contributed by atoms with E-state index in [9.17, 15) is 4.79 Å². The summed E-state index contributed by atoms with van der Waals surface area (Å²) >= 11 is 5.81.